The summed E-state index contributed by atoms with van der Waals surface area (Å²) in [6.45, 7) is 5.45. The number of hydrogen-bond donors (Lipinski definition) is 1. The Morgan fingerprint density at radius 3 is 2.92 bits per heavy atom. The first kappa shape index (κ1) is 17.6. The first-order valence-electron chi connectivity index (χ1n) is 9.78. The van der Waals surface area contributed by atoms with Gasteiger partial charge in [0.15, 0.2) is 0 Å². The van der Waals surface area contributed by atoms with E-state index in [1.807, 2.05) is 22.1 Å². The zero-order chi connectivity index (χ0) is 18.3. The first-order valence-corrected chi connectivity index (χ1v) is 10.7. The second kappa shape index (κ2) is 7.06. The molecule has 0 spiro atoms. The number of nitrogens with one attached hydrogen (secondary N) is 1. The van der Waals surface area contributed by atoms with Gasteiger partial charge in [-0.2, -0.15) is 0 Å². The minimum absolute atomic E-state index is 0.00767. The molecule has 2 aromatic heterocycles. The molecule has 3 atom stereocenters. The van der Waals surface area contributed by atoms with Gasteiger partial charge in [-0.15, -0.1) is 11.3 Å². The summed E-state index contributed by atoms with van der Waals surface area (Å²) in [4.78, 5) is 28.0. The van der Waals surface area contributed by atoms with Gasteiger partial charge in [0.2, 0.25) is 5.91 Å². The van der Waals surface area contributed by atoms with Crippen molar-refractivity contribution in [2.75, 3.05) is 6.54 Å². The topological polar surface area (TPSA) is 54.3 Å². The van der Waals surface area contributed by atoms with Crippen molar-refractivity contribution in [3.8, 4) is 0 Å². The van der Waals surface area contributed by atoms with Crippen LogP contribution < -0.4 is 5.32 Å². The van der Waals surface area contributed by atoms with Crippen LogP contribution >= 0.6 is 11.3 Å². The van der Waals surface area contributed by atoms with E-state index in [4.69, 9.17) is 0 Å². The van der Waals surface area contributed by atoms with E-state index in [0.29, 0.717) is 19.0 Å². The van der Waals surface area contributed by atoms with Gasteiger partial charge >= 0.3 is 0 Å². The van der Waals surface area contributed by atoms with E-state index in [1.165, 1.54) is 19.3 Å². The SMILES string of the molecule is CCCN1C(=O)c2cc3sccc3n2CC1C(=O)NC1CCCCC1C. The van der Waals surface area contributed by atoms with E-state index in [0.717, 1.165) is 28.8 Å². The number of fused-ring (bicyclic) bond motifs is 3. The van der Waals surface area contributed by atoms with E-state index < -0.39 is 6.04 Å². The second-order valence-corrected chi connectivity index (χ2v) is 8.65. The minimum atomic E-state index is -0.417. The molecule has 1 fully saturated rings. The molecule has 5 nitrogen and oxygen atoms in total. The Bertz CT molecular complexity index is 824. The van der Waals surface area contributed by atoms with Crippen molar-refractivity contribution < 1.29 is 9.59 Å². The third-order valence-electron chi connectivity index (χ3n) is 5.94. The van der Waals surface area contributed by atoms with E-state index in [1.54, 1.807) is 16.2 Å². The van der Waals surface area contributed by atoms with Crippen LogP contribution in [0.3, 0.4) is 0 Å². The van der Waals surface area contributed by atoms with Crippen molar-refractivity contribution in [3.63, 3.8) is 0 Å². The molecule has 26 heavy (non-hydrogen) atoms. The van der Waals surface area contributed by atoms with Crippen LogP contribution in [0.15, 0.2) is 17.5 Å². The van der Waals surface area contributed by atoms with Gasteiger partial charge in [-0.05, 0) is 42.7 Å². The summed E-state index contributed by atoms with van der Waals surface area (Å²) in [6, 6.07) is 3.84. The largest absolute Gasteiger partial charge is 0.351 e. The number of thiophene rings is 1. The van der Waals surface area contributed by atoms with Crippen molar-refractivity contribution in [3.05, 3.63) is 23.2 Å². The Balaban J connectivity index is 1.62. The van der Waals surface area contributed by atoms with Crippen LogP contribution in [-0.4, -0.2) is 39.9 Å². The molecule has 2 aliphatic rings. The minimum Gasteiger partial charge on any atom is -0.351 e. The maximum absolute atomic E-state index is 13.1. The maximum atomic E-state index is 13.1. The van der Waals surface area contributed by atoms with Crippen molar-refractivity contribution in [2.24, 2.45) is 5.92 Å². The standard InChI is InChI=1S/C20H27N3O2S/c1-3-9-22-17(19(24)21-14-7-5-4-6-13(14)2)12-23-15-8-10-26-18(15)11-16(23)20(22)25/h8,10-11,13-14,17H,3-7,9,12H2,1-2H3,(H,21,24). The molecule has 1 aliphatic heterocycles. The molecule has 3 heterocycles. The molecule has 0 radical (unpaired) electrons. The number of amides is 2. The predicted molar refractivity (Wildman–Crippen MR) is 104 cm³/mol. The molecular weight excluding hydrogens is 346 g/mol. The number of carbonyl (C=O) groups excluding carboxylic acids is 2. The summed E-state index contributed by atoms with van der Waals surface area (Å²) in [5.41, 5.74) is 1.79. The highest BCUT2D eigenvalue weighted by atomic mass is 32.1. The molecule has 1 aliphatic carbocycles. The van der Waals surface area contributed by atoms with Gasteiger partial charge in [-0.25, -0.2) is 0 Å². The lowest BCUT2D eigenvalue weighted by molar-refractivity contribution is -0.127. The number of aromatic nitrogens is 1. The highest BCUT2D eigenvalue weighted by Crippen LogP contribution is 2.30. The van der Waals surface area contributed by atoms with Crippen LogP contribution in [0, 0.1) is 5.92 Å². The quantitative estimate of drug-likeness (QED) is 0.890. The van der Waals surface area contributed by atoms with Gasteiger partial charge in [0.05, 0.1) is 16.8 Å². The molecule has 2 amide bonds. The van der Waals surface area contributed by atoms with Crippen LogP contribution in [0.25, 0.3) is 10.2 Å². The Kier molecular flexibility index (Phi) is 4.78. The first-order chi connectivity index (χ1) is 12.6. The van der Waals surface area contributed by atoms with Crippen LogP contribution in [0.2, 0.25) is 0 Å². The molecule has 2 aromatic rings. The summed E-state index contributed by atoms with van der Waals surface area (Å²) in [6.07, 6.45) is 5.49. The average molecular weight is 374 g/mol. The zero-order valence-corrected chi connectivity index (χ0v) is 16.3. The smallest absolute Gasteiger partial charge is 0.271 e. The van der Waals surface area contributed by atoms with E-state index in [2.05, 4.69) is 19.2 Å². The summed E-state index contributed by atoms with van der Waals surface area (Å²) in [5.74, 6) is 0.504. The third-order valence-corrected chi connectivity index (χ3v) is 6.79. The molecule has 3 unspecified atom stereocenters. The summed E-state index contributed by atoms with van der Waals surface area (Å²) < 4.78 is 3.15. The maximum Gasteiger partial charge on any atom is 0.271 e. The lowest BCUT2D eigenvalue weighted by atomic mass is 9.86. The molecule has 1 saturated carbocycles. The van der Waals surface area contributed by atoms with Gasteiger partial charge in [0.1, 0.15) is 11.7 Å². The van der Waals surface area contributed by atoms with Crippen LogP contribution in [-0.2, 0) is 11.3 Å². The molecule has 0 saturated heterocycles. The molecule has 0 aromatic carbocycles. The molecular formula is C20H27N3O2S. The predicted octanol–water partition coefficient (Wildman–Crippen LogP) is 3.63. The van der Waals surface area contributed by atoms with Crippen molar-refractivity contribution >= 4 is 33.4 Å². The summed E-state index contributed by atoms with van der Waals surface area (Å²) >= 11 is 1.64. The summed E-state index contributed by atoms with van der Waals surface area (Å²) in [5, 5.41) is 5.31. The van der Waals surface area contributed by atoms with E-state index >= 15 is 0 Å². The fourth-order valence-corrected chi connectivity index (χ4v) is 5.27. The van der Waals surface area contributed by atoms with Gasteiger partial charge < -0.3 is 14.8 Å². The van der Waals surface area contributed by atoms with Crippen molar-refractivity contribution in [1.82, 2.24) is 14.8 Å². The number of hydrogen-bond acceptors (Lipinski definition) is 3. The monoisotopic (exact) mass is 373 g/mol. The zero-order valence-electron chi connectivity index (χ0n) is 15.5. The van der Waals surface area contributed by atoms with Crippen molar-refractivity contribution in [1.29, 1.82) is 0 Å². The lowest BCUT2D eigenvalue weighted by Crippen LogP contribution is -2.57. The third kappa shape index (κ3) is 2.94. The Morgan fingerprint density at radius 1 is 1.35 bits per heavy atom. The van der Waals surface area contributed by atoms with Crippen LogP contribution in [0.5, 0.6) is 0 Å². The van der Waals surface area contributed by atoms with Crippen molar-refractivity contribution in [2.45, 2.75) is 64.6 Å². The highest BCUT2D eigenvalue weighted by Gasteiger charge is 2.38. The van der Waals surface area contributed by atoms with E-state index in [-0.39, 0.29) is 17.9 Å². The molecule has 1 N–H and O–H groups in total. The molecule has 4 rings (SSSR count). The Labute approximate surface area is 158 Å². The van der Waals surface area contributed by atoms with Crippen LogP contribution in [0.4, 0.5) is 0 Å². The average Bonchev–Trinajstić information content (AvgIpc) is 3.21. The van der Waals surface area contributed by atoms with E-state index in [9.17, 15) is 9.59 Å². The van der Waals surface area contributed by atoms with Crippen LogP contribution in [0.1, 0.15) is 56.4 Å². The molecule has 140 valence electrons. The second-order valence-electron chi connectivity index (χ2n) is 7.70. The Morgan fingerprint density at radius 2 is 2.15 bits per heavy atom. The van der Waals surface area contributed by atoms with Gasteiger partial charge in [-0.1, -0.05) is 26.7 Å². The lowest BCUT2D eigenvalue weighted by Gasteiger charge is -2.38. The normalized spacial score (nSPS) is 26.2. The number of rotatable bonds is 4. The summed E-state index contributed by atoms with van der Waals surface area (Å²) in [7, 11) is 0. The number of carbonyl (C=O) groups is 2. The fraction of sp³-hybridized carbons (Fsp3) is 0.600. The Hall–Kier alpha value is -1.82. The van der Waals surface area contributed by atoms with Gasteiger partial charge in [0.25, 0.3) is 5.91 Å². The highest BCUT2D eigenvalue weighted by molar-refractivity contribution is 7.17. The van der Waals surface area contributed by atoms with Gasteiger partial charge in [-0.3, -0.25) is 9.59 Å². The van der Waals surface area contributed by atoms with Gasteiger partial charge in [0, 0.05) is 12.6 Å². The molecule has 6 heteroatoms. The fourth-order valence-electron chi connectivity index (χ4n) is 4.44. The molecule has 0 bridgehead atoms. The number of nitrogens with zero attached hydrogens (tertiary/aromatic N) is 2.